The molecule has 0 unspecified atom stereocenters. The molecule has 2 N–H and O–H groups in total. The zero-order valence-corrected chi connectivity index (χ0v) is 11.5. The molecule has 1 atom stereocenters. The molecule has 0 aliphatic carbocycles. The number of primary amides is 1. The van der Waals surface area contributed by atoms with E-state index < -0.39 is 41.6 Å². The van der Waals surface area contributed by atoms with Gasteiger partial charge in [0.1, 0.15) is 0 Å². The Balaban J connectivity index is 2.91. The Morgan fingerprint density at radius 2 is 1.80 bits per heavy atom. The lowest BCUT2D eigenvalue weighted by Crippen LogP contribution is -2.51. The van der Waals surface area contributed by atoms with Crippen LogP contribution in [0.15, 0.2) is 0 Å². The number of ketones is 1. The average molecular weight is 287 g/mol. The standard InChI is InChI=1S/C12H17NO7/c1-4-5-6(18-11(13)17)8(14)7-9(15)19-12(2,3)20-10(7)16/h6-7H,4-5H2,1-3H3,(H2,13,17)/t6-/m0/s1. The fourth-order valence-electron chi connectivity index (χ4n) is 1.80. The molecule has 8 heteroatoms. The van der Waals surface area contributed by atoms with Crippen LogP contribution < -0.4 is 5.73 Å². The van der Waals surface area contributed by atoms with Crippen LogP contribution in [0.1, 0.15) is 33.6 Å². The van der Waals surface area contributed by atoms with Gasteiger partial charge in [-0.1, -0.05) is 13.3 Å². The highest BCUT2D eigenvalue weighted by atomic mass is 16.7. The number of esters is 2. The summed E-state index contributed by atoms with van der Waals surface area (Å²) in [5, 5.41) is 0. The first-order valence-corrected chi connectivity index (χ1v) is 6.13. The second-order valence-corrected chi connectivity index (χ2v) is 4.79. The first-order valence-electron chi connectivity index (χ1n) is 6.13. The first-order chi connectivity index (χ1) is 9.18. The topological polar surface area (TPSA) is 122 Å². The van der Waals surface area contributed by atoms with Crippen LogP contribution in [0.3, 0.4) is 0 Å². The maximum atomic E-state index is 12.1. The quantitative estimate of drug-likeness (QED) is 0.568. The zero-order valence-electron chi connectivity index (χ0n) is 11.5. The van der Waals surface area contributed by atoms with Crippen molar-refractivity contribution in [2.75, 3.05) is 0 Å². The van der Waals surface area contributed by atoms with Gasteiger partial charge in [-0.2, -0.15) is 0 Å². The number of carbonyl (C=O) groups excluding carboxylic acids is 4. The molecule has 0 spiro atoms. The van der Waals surface area contributed by atoms with E-state index in [0.29, 0.717) is 6.42 Å². The maximum absolute atomic E-state index is 12.1. The van der Waals surface area contributed by atoms with E-state index in [0.717, 1.165) is 0 Å². The third kappa shape index (κ3) is 3.69. The third-order valence-electron chi connectivity index (χ3n) is 2.58. The SMILES string of the molecule is CCC[C@H](OC(N)=O)C(=O)C1C(=O)OC(C)(C)OC1=O. The summed E-state index contributed by atoms with van der Waals surface area (Å²) < 4.78 is 14.3. The number of Topliss-reactive ketones (excluding diaryl/α,β-unsaturated/α-hetero) is 1. The molecule has 20 heavy (non-hydrogen) atoms. The van der Waals surface area contributed by atoms with Crippen LogP contribution in [0.25, 0.3) is 0 Å². The summed E-state index contributed by atoms with van der Waals surface area (Å²) in [6.07, 6.45) is -1.80. The second-order valence-electron chi connectivity index (χ2n) is 4.79. The van der Waals surface area contributed by atoms with Gasteiger partial charge in [0.05, 0.1) is 0 Å². The summed E-state index contributed by atoms with van der Waals surface area (Å²) in [6, 6.07) is 0. The number of hydrogen-bond acceptors (Lipinski definition) is 7. The van der Waals surface area contributed by atoms with Gasteiger partial charge < -0.3 is 19.9 Å². The third-order valence-corrected chi connectivity index (χ3v) is 2.58. The van der Waals surface area contributed by atoms with Gasteiger partial charge in [-0.15, -0.1) is 0 Å². The van der Waals surface area contributed by atoms with Crippen LogP contribution in [0.4, 0.5) is 4.79 Å². The lowest BCUT2D eigenvalue weighted by Gasteiger charge is -2.33. The highest BCUT2D eigenvalue weighted by Crippen LogP contribution is 2.25. The molecular formula is C12H17NO7. The molecule has 1 fully saturated rings. The summed E-state index contributed by atoms with van der Waals surface area (Å²) in [7, 11) is 0. The van der Waals surface area contributed by atoms with E-state index in [1.54, 1.807) is 6.92 Å². The van der Waals surface area contributed by atoms with Crippen LogP contribution in [0, 0.1) is 5.92 Å². The normalized spacial score (nSPS) is 19.8. The molecule has 0 aromatic rings. The fraction of sp³-hybridized carbons (Fsp3) is 0.667. The number of cyclic esters (lactones) is 2. The number of ether oxygens (including phenoxy) is 3. The number of amides is 1. The van der Waals surface area contributed by atoms with Gasteiger partial charge >= 0.3 is 18.0 Å². The van der Waals surface area contributed by atoms with Gasteiger partial charge in [0, 0.05) is 13.8 Å². The van der Waals surface area contributed by atoms with Gasteiger partial charge in [-0.25, -0.2) is 4.79 Å². The molecule has 8 nitrogen and oxygen atoms in total. The van der Waals surface area contributed by atoms with Crippen LogP contribution in [-0.4, -0.2) is 35.7 Å². The summed E-state index contributed by atoms with van der Waals surface area (Å²) >= 11 is 0. The molecule has 0 radical (unpaired) electrons. The predicted molar refractivity (Wildman–Crippen MR) is 64.1 cm³/mol. The van der Waals surface area contributed by atoms with Gasteiger partial charge in [0.2, 0.25) is 5.92 Å². The van der Waals surface area contributed by atoms with Gasteiger partial charge in [0.25, 0.3) is 5.79 Å². The number of hydrogen-bond donors (Lipinski definition) is 1. The molecule has 0 aromatic heterocycles. The van der Waals surface area contributed by atoms with E-state index in [9.17, 15) is 19.2 Å². The molecule has 112 valence electrons. The molecule has 1 heterocycles. The molecule has 0 saturated carbocycles. The Bertz CT molecular complexity index is 423. The highest BCUT2D eigenvalue weighted by molar-refractivity contribution is 6.17. The minimum Gasteiger partial charge on any atom is -0.438 e. The van der Waals surface area contributed by atoms with Crippen molar-refractivity contribution in [2.24, 2.45) is 11.7 Å². The van der Waals surface area contributed by atoms with E-state index in [4.69, 9.17) is 15.2 Å². The van der Waals surface area contributed by atoms with Crippen molar-refractivity contribution in [3.05, 3.63) is 0 Å². The highest BCUT2D eigenvalue weighted by Gasteiger charge is 2.49. The van der Waals surface area contributed by atoms with E-state index in [-0.39, 0.29) is 6.42 Å². The lowest BCUT2D eigenvalue weighted by atomic mass is 9.96. The Morgan fingerprint density at radius 1 is 1.30 bits per heavy atom. The van der Waals surface area contributed by atoms with Crippen molar-refractivity contribution >= 4 is 23.8 Å². The van der Waals surface area contributed by atoms with Crippen LogP contribution >= 0.6 is 0 Å². The monoisotopic (exact) mass is 287 g/mol. The van der Waals surface area contributed by atoms with Gasteiger partial charge in [0.15, 0.2) is 11.9 Å². The molecule has 1 aliphatic heterocycles. The maximum Gasteiger partial charge on any atom is 0.405 e. The molecule has 0 aromatic carbocycles. The average Bonchev–Trinajstić information content (AvgIpc) is 2.24. The van der Waals surface area contributed by atoms with Crippen LogP contribution in [0.2, 0.25) is 0 Å². The van der Waals surface area contributed by atoms with Crippen LogP contribution in [0.5, 0.6) is 0 Å². The Morgan fingerprint density at radius 3 is 2.20 bits per heavy atom. The molecule has 0 bridgehead atoms. The molecule has 1 rings (SSSR count). The largest absolute Gasteiger partial charge is 0.438 e. The van der Waals surface area contributed by atoms with Crippen molar-refractivity contribution in [1.82, 2.24) is 0 Å². The Labute approximate surface area is 115 Å². The van der Waals surface area contributed by atoms with Gasteiger partial charge in [-0.05, 0) is 6.42 Å². The molecule has 1 saturated heterocycles. The van der Waals surface area contributed by atoms with E-state index in [2.05, 4.69) is 4.74 Å². The number of nitrogens with two attached hydrogens (primary N) is 1. The van der Waals surface area contributed by atoms with Gasteiger partial charge in [-0.3, -0.25) is 14.4 Å². The lowest BCUT2D eigenvalue weighted by molar-refractivity contribution is -0.239. The summed E-state index contributed by atoms with van der Waals surface area (Å²) in [4.78, 5) is 46.4. The van der Waals surface area contributed by atoms with Crippen LogP contribution in [-0.2, 0) is 28.6 Å². The smallest absolute Gasteiger partial charge is 0.405 e. The predicted octanol–water partition coefficient (Wildman–Crippen LogP) is 0.272. The Kier molecular flexibility index (Phi) is 4.69. The zero-order chi connectivity index (χ0) is 15.5. The molecule has 1 amide bonds. The summed E-state index contributed by atoms with van der Waals surface area (Å²) in [6.45, 7) is 4.48. The van der Waals surface area contributed by atoms with E-state index in [1.807, 2.05) is 0 Å². The number of carbonyl (C=O) groups is 4. The van der Waals surface area contributed by atoms with E-state index >= 15 is 0 Å². The van der Waals surface area contributed by atoms with Crippen molar-refractivity contribution in [1.29, 1.82) is 0 Å². The fourth-order valence-corrected chi connectivity index (χ4v) is 1.80. The van der Waals surface area contributed by atoms with Crippen molar-refractivity contribution in [3.63, 3.8) is 0 Å². The minimum absolute atomic E-state index is 0.141. The van der Waals surface area contributed by atoms with Crippen molar-refractivity contribution < 1.29 is 33.4 Å². The first kappa shape index (κ1) is 15.9. The molecular weight excluding hydrogens is 270 g/mol. The Hall–Kier alpha value is -2.12. The molecule has 1 aliphatic rings. The van der Waals surface area contributed by atoms with Crippen molar-refractivity contribution in [2.45, 2.75) is 45.5 Å². The number of rotatable bonds is 5. The second kappa shape index (κ2) is 5.89. The summed E-state index contributed by atoms with van der Waals surface area (Å²) in [5.41, 5.74) is 4.86. The van der Waals surface area contributed by atoms with Crippen molar-refractivity contribution in [3.8, 4) is 0 Å². The summed E-state index contributed by atoms with van der Waals surface area (Å²) in [5.74, 6) is -6.11. The minimum atomic E-state index is -1.75. The van der Waals surface area contributed by atoms with E-state index in [1.165, 1.54) is 13.8 Å².